The van der Waals surface area contributed by atoms with Gasteiger partial charge in [-0.3, -0.25) is 4.79 Å². The van der Waals surface area contributed by atoms with Gasteiger partial charge in [0.1, 0.15) is 11.6 Å². The number of carbonyl (C=O) groups is 1. The van der Waals surface area contributed by atoms with Gasteiger partial charge in [-0.2, -0.15) is 0 Å². The molecule has 3 aromatic rings. The molecule has 0 radical (unpaired) electrons. The summed E-state index contributed by atoms with van der Waals surface area (Å²) in [6.45, 7) is 0. The third-order valence-electron chi connectivity index (χ3n) is 2.79. The number of nitrogens with one attached hydrogen (secondary N) is 1. The number of fused-ring (bicyclic) bond motifs is 1. The fraction of sp³-hybridized carbons (Fsp3) is 0.0769. The van der Waals surface area contributed by atoms with E-state index in [2.05, 4.69) is 9.97 Å². The molecule has 0 saturated carbocycles. The number of aromatic hydroxyl groups is 1. The van der Waals surface area contributed by atoms with Gasteiger partial charge in [-0.15, -0.1) is 0 Å². The minimum atomic E-state index is -0.433. The molecule has 0 spiro atoms. The van der Waals surface area contributed by atoms with Gasteiger partial charge < -0.3 is 10.1 Å². The molecule has 0 atom stereocenters. The van der Waals surface area contributed by atoms with Crippen molar-refractivity contribution in [1.82, 2.24) is 9.97 Å². The molecule has 0 saturated heterocycles. The molecule has 2 heterocycles. The summed E-state index contributed by atoms with van der Waals surface area (Å²) in [7, 11) is 0. The van der Waals surface area contributed by atoms with Crippen molar-refractivity contribution < 1.29 is 14.3 Å². The zero-order valence-corrected chi connectivity index (χ0v) is 10.5. The van der Waals surface area contributed by atoms with E-state index in [4.69, 9.17) is 0 Å². The van der Waals surface area contributed by atoms with Crippen LogP contribution in [0.5, 0.6) is 5.06 Å². The van der Waals surface area contributed by atoms with Gasteiger partial charge in [0.25, 0.3) is 0 Å². The van der Waals surface area contributed by atoms with Crippen molar-refractivity contribution in [1.29, 1.82) is 0 Å². The highest BCUT2D eigenvalue weighted by molar-refractivity contribution is 7.21. The molecule has 19 heavy (non-hydrogen) atoms. The maximum atomic E-state index is 13.3. The molecule has 0 amide bonds. The average Bonchev–Trinajstić information content (AvgIpc) is 2.95. The predicted octanol–water partition coefficient (Wildman–Crippen LogP) is 2.89. The lowest BCUT2D eigenvalue weighted by molar-refractivity contribution is 0.0991. The molecule has 6 heteroatoms. The van der Waals surface area contributed by atoms with E-state index in [0.29, 0.717) is 15.9 Å². The van der Waals surface area contributed by atoms with Gasteiger partial charge in [0.05, 0.1) is 12.0 Å². The second kappa shape index (κ2) is 4.47. The van der Waals surface area contributed by atoms with E-state index in [1.54, 1.807) is 18.5 Å². The lowest BCUT2D eigenvalue weighted by Crippen LogP contribution is -2.04. The van der Waals surface area contributed by atoms with Crippen LogP contribution in [-0.4, -0.2) is 20.9 Å². The Balaban J connectivity index is 2.06. The van der Waals surface area contributed by atoms with Gasteiger partial charge in [-0.05, 0) is 18.2 Å². The van der Waals surface area contributed by atoms with Crippen LogP contribution in [0.15, 0.2) is 30.6 Å². The number of H-pyrrole nitrogens is 1. The normalized spacial score (nSPS) is 11.0. The number of carbonyl (C=O) groups excluding carboxylic acids is 1. The lowest BCUT2D eigenvalue weighted by Gasteiger charge is -1.99. The van der Waals surface area contributed by atoms with Crippen molar-refractivity contribution in [3.8, 4) is 5.06 Å². The van der Waals surface area contributed by atoms with Crippen molar-refractivity contribution in [2.45, 2.75) is 6.42 Å². The first-order valence-electron chi connectivity index (χ1n) is 5.57. The second-order valence-electron chi connectivity index (χ2n) is 4.06. The van der Waals surface area contributed by atoms with Crippen LogP contribution in [0, 0.1) is 5.82 Å². The Morgan fingerprint density at radius 2 is 2.32 bits per heavy atom. The zero-order chi connectivity index (χ0) is 13.4. The number of aromatic amines is 1. The summed E-state index contributed by atoms with van der Waals surface area (Å²) in [5, 5.41) is 10.2. The first-order valence-corrected chi connectivity index (χ1v) is 6.39. The number of rotatable bonds is 3. The lowest BCUT2D eigenvalue weighted by atomic mass is 10.1. The number of nitrogens with zero attached hydrogens (tertiary/aromatic N) is 1. The van der Waals surface area contributed by atoms with Gasteiger partial charge in [0.2, 0.25) is 0 Å². The number of halogens is 1. The van der Waals surface area contributed by atoms with Crippen LogP contribution >= 0.6 is 11.3 Å². The van der Waals surface area contributed by atoms with E-state index >= 15 is 0 Å². The highest BCUT2D eigenvalue weighted by Crippen LogP contribution is 2.37. The van der Waals surface area contributed by atoms with Gasteiger partial charge in [-0.25, -0.2) is 9.37 Å². The van der Waals surface area contributed by atoms with Crippen molar-refractivity contribution in [3.63, 3.8) is 0 Å². The summed E-state index contributed by atoms with van der Waals surface area (Å²) in [5.74, 6) is -0.207. The highest BCUT2D eigenvalue weighted by atomic mass is 32.1. The number of imidazole rings is 1. The third-order valence-corrected chi connectivity index (χ3v) is 3.77. The third kappa shape index (κ3) is 2.10. The minimum Gasteiger partial charge on any atom is -0.499 e. The van der Waals surface area contributed by atoms with Gasteiger partial charge >= 0.3 is 0 Å². The highest BCUT2D eigenvalue weighted by Gasteiger charge is 2.20. The first-order chi connectivity index (χ1) is 9.15. The largest absolute Gasteiger partial charge is 0.499 e. The second-order valence-corrected chi connectivity index (χ2v) is 5.09. The fourth-order valence-corrected chi connectivity index (χ4v) is 2.90. The average molecular weight is 276 g/mol. The van der Waals surface area contributed by atoms with Gasteiger partial charge in [-0.1, -0.05) is 11.3 Å². The van der Waals surface area contributed by atoms with Crippen molar-refractivity contribution >= 4 is 27.2 Å². The molecule has 0 fully saturated rings. The Morgan fingerprint density at radius 3 is 3.05 bits per heavy atom. The van der Waals surface area contributed by atoms with Crippen LogP contribution < -0.4 is 0 Å². The monoisotopic (exact) mass is 276 g/mol. The summed E-state index contributed by atoms with van der Waals surface area (Å²) in [4.78, 5) is 19.0. The maximum absolute atomic E-state index is 13.3. The van der Waals surface area contributed by atoms with Crippen LogP contribution in [0.3, 0.4) is 0 Å². The summed E-state index contributed by atoms with van der Waals surface area (Å²) < 4.78 is 13.9. The van der Waals surface area contributed by atoms with E-state index in [-0.39, 0.29) is 22.8 Å². The molecule has 96 valence electrons. The SMILES string of the molecule is O=C(Cc1ncc[nH]1)c1c(O)sc2ccc(F)cc12. The molecule has 2 aromatic heterocycles. The van der Waals surface area contributed by atoms with Crippen molar-refractivity contribution in [2.24, 2.45) is 0 Å². The molecule has 2 N–H and O–H groups in total. The summed E-state index contributed by atoms with van der Waals surface area (Å²) in [6, 6.07) is 4.12. The number of Topliss-reactive ketones (excluding diaryl/α,β-unsaturated/α-hetero) is 1. The summed E-state index contributed by atoms with van der Waals surface area (Å²) in [5.41, 5.74) is 0.163. The number of thiophene rings is 1. The van der Waals surface area contributed by atoms with Gasteiger partial charge in [0, 0.05) is 22.5 Å². The zero-order valence-electron chi connectivity index (χ0n) is 9.68. The van der Waals surface area contributed by atoms with E-state index in [9.17, 15) is 14.3 Å². The number of aromatic nitrogens is 2. The number of hydrogen-bond donors (Lipinski definition) is 2. The Bertz CT molecular complexity index is 749. The standard InChI is InChI=1S/C13H9FN2O2S/c14-7-1-2-10-8(5-7)12(13(18)19-10)9(17)6-11-15-3-4-16-11/h1-5,18H,6H2,(H,15,16). The molecule has 0 aliphatic carbocycles. The van der Waals surface area contributed by atoms with Crippen molar-refractivity contribution in [2.75, 3.05) is 0 Å². The maximum Gasteiger partial charge on any atom is 0.183 e. The Hall–Kier alpha value is -2.21. The topological polar surface area (TPSA) is 66.0 Å². The first kappa shape index (κ1) is 11.9. The molecule has 0 aliphatic rings. The molecule has 1 aromatic carbocycles. The van der Waals surface area contributed by atoms with Gasteiger partial charge in [0.15, 0.2) is 10.8 Å². The Labute approximate surface area is 111 Å². The summed E-state index contributed by atoms with van der Waals surface area (Å²) >= 11 is 1.07. The van der Waals surface area contributed by atoms with Crippen LogP contribution in [0.2, 0.25) is 0 Å². The van der Waals surface area contributed by atoms with Crippen LogP contribution in [0.1, 0.15) is 16.2 Å². The molecule has 3 rings (SSSR count). The number of hydrogen-bond acceptors (Lipinski definition) is 4. The molecular weight excluding hydrogens is 267 g/mol. The quantitative estimate of drug-likeness (QED) is 0.723. The smallest absolute Gasteiger partial charge is 0.183 e. The Kier molecular flexibility index (Phi) is 2.79. The van der Waals surface area contributed by atoms with Crippen LogP contribution in [0.25, 0.3) is 10.1 Å². The molecule has 0 unspecified atom stereocenters. The van der Waals surface area contributed by atoms with Crippen LogP contribution in [-0.2, 0) is 6.42 Å². The predicted molar refractivity (Wildman–Crippen MR) is 70.1 cm³/mol. The fourth-order valence-electron chi connectivity index (χ4n) is 1.96. The van der Waals surface area contributed by atoms with Crippen molar-refractivity contribution in [3.05, 3.63) is 47.8 Å². The van der Waals surface area contributed by atoms with E-state index in [0.717, 1.165) is 11.3 Å². The number of ketones is 1. The molecule has 0 aliphatic heterocycles. The number of benzene rings is 1. The Morgan fingerprint density at radius 1 is 1.47 bits per heavy atom. The van der Waals surface area contributed by atoms with Crippen LogP contribution in [0.4, 0.5) is 4.39 Å². The van der Waals surface area contributed by atoms with E-state index in [1.165, 1.54) is 12.1 Å². The summed E-state index contributed by atoms with van der Waals surface area (Å²) in [6.07, 6.45) is 3.21. The van der Waals surface area contributed by atoms with E-state index < -0.39 is 5.82 Å². The van der Waals surface area contributed by atoms with E-state index in [1.807, 2.05) is 0 Å². The minimum absolute atomic E-state index is 0.0446. The molecular formula is C13H9FN2O2S. The molecule has 0 bridgehead atoms. The molecule has 4 nitrogen and oxygen atoms in total.